The summed E-state index contributed by atoms with van der Waals surface area (Å²) in [6.07, 6.45) is 0. The Hall–Kier alpha value is -0.555. The zero-order valence-corrected chi connectivity index (χ0v) is 6.78. The molecule has 0 aromatic carbocycles. The molecule has 0 saturated carbocycles. The Balaban J connectivity index is 0.000000218. The molecule has 4 nitrogen and oxygen atoms in total. The van der Waals surface area contributed by atoms with E-state index in [1.54, 1.807) is 18.4 Å². The molecule has 0 amide bonds. The summed E-state index contributed by atoms with van der Waals surface area (Å²) in [5, 5.41) is 24.5. The van der Waals surface area contributed by atoms with Gasteiger partial charge in [-0.3, -0.25) is 0 Å². The average Bonchev–Trinajstić information content (AvgIpc) is 2.36. The SMILES string of the molecule is COc1cccs1.OB(O)O. The predicted molar refractivity (Wildman–Crippen MR) is 43.3 cm³/mol. The molecule has 0 spiro atoms. The summed E-state index contributed by atoms with van der Waals surface area (Å²) < 4.78 is 4.87. The van der Waals surface area contributed by atoms with Crippen LogP contribution in [0.1, 0.15) is 0 Å². The van der Waals surface area contributed by atoms with Crippen LogP contribution in [0.2, 0.25) is 0 Å². The number of methoxy groups -OCH3 is 1. The molecule has 6 heteroatoms. The van der Waals surface area contributed by atoms with E-state index in [0.717, 1.165) is 5.06 Å². The van der Waals surface area contributed by atoms with Gasteiger partial charge in [-0.15, -0.1) is 11.3 Å². The molecule has 0 aliphatic heterocycles. The van der Waals surface area contributed by atoms with E-state index >= 15 is 0 Å². The molecule has 0 unspecified atom stereocenters. The minimum Gasteiger partial charge on any atom is -0.487 e. The van der Waals surface area contributed by atoms with Gasteiger partial charge in [0, 0.05) is 0 Å². The molecular formula is C5H9BO4S. The number of hydrogen-bond donors (Lipinski definition) is 3. The van der Waals surface area contributed by atoms with Crippen LogP contribution >= 0.6 is 11.3 Å². The van der Waals surface area contributed by atoms with Gasteiger partial charge in [0.2, 0.25) is 0 Å². The van der Waals surface area contributed by atoms with Gasteiger partial charge in [0.15, 0.2) is 5.06 Å². The Labute approximate surface area is 68.9 Å². The fourth-order valence-electron chi connectivity index (χ4n) is 0.380. The van der Waals surface area contributed by atoms with Crippen molar-refractivity contribution in [3.63, 3.8) is 0 Å². The van der Waals surface area contributed by atoms with Crippen LogP contribution in [0.25, 0.3) is 0 Å². The van der Waals surface area contributed by atoms with Crippen LogP contribution < -0.4 is 4.74 Å². The van der Waals surface area contributed by atoms with E-state index in [1.807, 2.05) is 17.5 Å². The standard InChI is InChI=1S/C5H6OS.BH3O3/c1-6-5-3-2-4-7-5;2-1(3)4/h2-4H,1H3;2-4H. The van der Waals surface area contributed by atoms with Gasteiger partial charge in [-0.25, -0.2) is 0 Å². The van der Waals surface area contributed by atoms with E-state index in [4.69, 9.17) is 19.8 Å². The summed E-state index contributed by atoms with van der Waals surface area (Å²) >= 11 is 1.60. The van der Waals surface area contributed by atoms with Crippen molar-refractivity contribution in [1.29, 1.82) is 0 Å². The quantitative estimate of drug-likeness (QED) is 0.514. The van der Waals surface area contributed by atoms with Crippen LogP contribution in [0.5, 0.6) is 5.06 Å². The van der Waals surface area contributed by atoms with Crippen LogP contribution in [0.3, 0.4) is 0 Å². The van der Waals surface area contributed by atoms with Gasteiger partial charge in [-0.05, 0) is 17.5 Å². The van der Waals surface area contributed by atoms with Crippen molar-refractivity contribution in [1.82, 2.24) is 0 Å². The van der Waals surface area contributed by atoms with Crippen molar-refractivity contribution in [3.05, 3.63) is 17.5 Å². The van der Waals surface area contributed by atoms with E-state index in [0.29, 0.717) is 0 Å². The lowest BCUT2D eigenvalue weighted by atomic mass is 10.3. The Morgan fingerprint density at radius 2 is 2.00 bits per heavy atom. The minimum absolute atomic E-state index is 0.972. The fraction of sp³-hybridized carbons (Fsp3) is 0.200. The summed E-state index contributed by atoms with van der Waals surface area (Å²) in [4.78, 5) is 0. The largest absolute Gasteiger partial charge is 0.631 e. The summed E-state index contributed by atoms with van der Waals surface area (Å²) in [7, 11) is -0.494. The van der Waals surface area contributed by atoms with Crippen molar-refractivity contribution < 1.29 is 19.8 Å². The van der Waals surface area contributed by atoms with Crippen LogP contribution in [0.15, 0.2) is 17.5 Å². The maximum absolute atomic E-state index is 7.17. The molecular weight excluding hydrogens is 167 g/mol. The normalized spacial score (nSPS) is 8.00. The molecule has 0 aliphatic carbocycles. The third-order valence-corrected chi connectivity index (χ3v) is 1.52. The molecule has 0 aliphatic rings. The van der Waals surface area contributed by atoms with Crippen LogP contribution in [-0.2, 0) is 0 Å². The Bertz CT molecular complexity index is 162. The molecule has 0 atom stereocenters. The van der Waals surface area contributed by atoms with Gasteiger partial charge in [-0.2, -0.15) is 0 Å². The molecule has 1 heterocycles. The summed E-state index contributed by atoms with van der Waals surface area (Å²) in [5.74, 6) is 0. The van der Waals surface area contributed by atoms with Gasteiger partial charge in [0.05, 0.1) is 7.11 Å². The zero-order chi connectivity index (χ0) is 8.69. The number of thiophene rings is 1. The first-order chi connectivity index (χ1) is 5.16. The molecule has 3 N–H and O–H groups in total. The molecule has 1 aromatic rings. The lowest BCUT2D eigenvalue weighted by molar-refractivity contribution is 0.278. The van der Waals surface area contributed by atoms with E-state index in [9.17, 15) is 0 Å². The van der Waals surface area contributed by atoms with E-state index in [2.05, 4.69) is 0 Å². The van der Waals surface area contributed by atoms with Crippen LogP contribution in [0, 0.1) is 0 Å². The molecule has 0 saturated heterocycles. The highest BCUT2D eigenvalue weighted by molar-refractivity contribution is 7.11. The van der Waals surface area contributed by atoms with Crippen molar-refractivity contribution in [2.45, 2.75) is 0 Å². The van der Waals surface area contributed by atoms with Crippen LogP contribution in [0.4, 0.5) is 0 Å². The maximum atomic E-state index is 7.17. The number of hydrogen-bond acceptors (Lipinski definition) is 5. The molecule has 0 radical (unpaired) electrons. The first kappa shape index (κ1) is 10.4. The van der Waals surface area contributed by atoms with Crippen molar-refractivity contribution >= 4 is 18.7 Å². The highest BCUT2D eigenvalue weighted by Gasteiger charge is 1.92. The zero-order valence-electron chi connectivity index (χ0n) is 5.97. The van der Waals surface area contributed by atoms with E-state index in [-0.39, 0.29) is 0 Å². The lowest BCUT2D eigenvalue weighted by Crippen LogP contribution is -2.07. The average molecular weight is 176 g/mol. The Morgan fingerprint density at radius 1 is 1.45 bits per heavy atom. The molecule has 1 rings (SSSR count). The minimum atomic E-state index is -2.17. The third-order valence-electron chi connectivity index (χ3n) is 0.696. The van der Waals surface area contributed by atoms with Crippen LogP contribution in [-0.4, -0.2) is 29.5 Å². The van der Waals surface area contributed by atoms with Crippen molar-refractivity contribution in [3.8, 4) is 5.06 Å². The predicted octanol–water partition coefficient (Wildman–Crippen LogP) is -0.295. The first-order valence-corrected chi connectivity index (χ1v) is 3.66. The smallest absolute Gasteiger partial charge is 0.487 e. The van der Waals surface area contributed by atoms with E-state index in [1.165, 1.54) is 0 Å². The number of rotatable bonds is 1. The van der Waals surface area contributed by atoms with Gasteiger partial charge < -0.3 is 19.8 Å². The second-order valence-corrected chi connectivity index (χ2v) is 2.39. The summed E-state index contributed by atoms with van der Waals surface area (Å²) in [6, 6.07) is 3.90. The summed E-state index contributed by atoms with van der Waals surface area (Å²) in [5.41, 5.74) is 0. The second-order valence-electron chi connectivity index (χ2n) is 1.48. The fourth-order valence-corrected chi connectivity index (χ4v) is 0.924. The summed E-state index contributed by atoms with van der Waals surface area (Å²) in [6.45, 7) is 0. The Morgan fingerprint density at radius 3 is 2.18 bits per heavy atom. The second kappa shape index (κ2) is 6.17. The highest BCUT2D eigenvalue weighted by atomic mass is 32.1. The maximum Gasteiger partial charge on any atom is 0.631 e. The van der Waals surface area contributed by atoms with Gasteiger partial charge >= 0.3 is 7.32 Å². The molecule has 1 aromatic heterocycles. The Kier molecular flexibility index (Phi) is 5.86. The number of ether oxygens (including phenoxy) is 1. The molecule has 11 heavy (non-hydrogen) atoms. The van der Waals surface area contributed by atoms with Gasteiger partial charge in [0.25, 0.3) is 0 Å². The van der Waals surface area contributed by atoms with E-state index < -0.39 is 7.32 Å². The molecule has 0 fully saturated rings. The van der Waals surface area contributed by atoms with Crippen molar-refractivity contribution in [2.24, 2.45) is 0 Å². The first-order valence-electron chi connectivity index (χ1n) is 2.78. The van der Waals surface area contributed by atoms with Crippen molar-refractivity contribution in [2.75, 3.05) is 7.11 Å². The highest BCUT2D eigenvalue weighted by Crippen LogP contribution is 2.16. The van der Waals surface area contributed by atoms with Gasteiger partial charge in [0.1, 0.15) is 0 Å². The monoisotopic (exact) mass is 176 g/mol. The van der Waals surface area contributed by atoms with Gasteiger partial charge in [-0.1, -0.05) is 0 Å². The third kappa shape index (κ3) is 7.34. The lowest BCUT2D eigenvalue weighted by Gasteiger charge is -1.86. The molecule has 62 valence electrons. The topological polar surface area (TPSA) is 69.9 Å². The molecule has 0 bridgehead atoms.